The van der Waals surface area contributed by atoms with Crippen LogP contribution in [0, 0.1) is 11.8 Å². The summed E-state index contributed by atoms with van der Waals surface area (Å²) in [5, 5.41) is 9.27. The Morgan fingerprint density at radius 1 is 1.31 bits per heavy atom. The highest BCUT2D eigenvalue weighted by Gasteiger charge is 1.93. The van der Waals surface area contributed by atoms with E-state index in [1.54, 1.807) is 0 Å². The van der Waals surface area contributed by atoms with Crippen LogP contribution < -0.4 is 0 Å². The van der Waals surface area contributed by atoms with Crippen LogP contribution in [0.4, 0.5) is 0 Å². The fraction of sp³-hybridized carbons (Fsp3) is 0.818. The second-order valence-electron chi connectivity index (χ2n) is 3.03. The van der Waals surface area contributed by atoms with Gasteiger partial charge in [0.1, 0.15) is 6.10 Å². The molecule has 0 aliphatic carbocycles. The summed E-state index contributed by atoms with van der Waals surface area (Å²) in [4.78, 5) is 0. The molecule has 0 bridgehead atoms. The Morgan fingerprint density at radius 2 is 2.08 bits per heavy atom. The van der Waals surface area contributed by atoms with E-state index in [1.807, 2.05) is 11.8 Å². The second kappa shape index (κ2) is 9.95. The van der Waals surface area contributed by atoms with E-state index in [9.17, 15) is 5.11 Å². The first-order chi connectivity index (χ1) is 6.31. The van der Waals surface area contributed by atoms with Gasteiger partial charge in [-0.3, -0.25) is 0 Å². The van der Waals surface area contributed by atoms with Gasteiger partial charge in [-0.25, -0.2) is 0 Å². The Hall–Kier alpha value is -0.130. The summed E-state index contributed by atoms with van der Waals surface area (Å²) in [6.07, 6.45) is 3.91. The monoisotopic (exact) mass is 200 g/mol. The fourth-order valence-electron chi connectivity index (χ4n) is 0.875. The molecule has 0 aromatic carbocycles. The second-order valence-corrected chi connectivity index (χ2v) is 4.14. The largest absolute Gasteiger partial charge is 0.380 e. The molecule has 13 heavy (non-hydrogen) atoms. The average Bonchev–Trinajstić information content (AvgIpc) is 2.11. The maximum atomic E-state index is 9.27. The lowest BCUT2D eigenvalue weighted by Gasteiger charge is -1.97. The van der Waals surface area contributed by atoms with Gasteiger partial charge in [-0.2, -0.15) is 0 Å². The molecule has 0 spiro atoms. The Morgan fingerprint density at radius 3 is 2.69 bits per heavy atom. The minimum atomic E-state index is -0.406. The molecule has 1 atom stereocenters. The zero-order valence-corrected chi connectivity index (χ0v) is 9.49. The summed E-state index contributed by atoms with van der Waals surface area (Å²) >= 11 is 1.85. The van der Waals surface area contributed by atoms with Crippen molar-refractivity contribution in [1.29, 1.82) is 0 Å². The number of rotatable bonds is 6. The Kier molecular flexibility index (Phi) is 9.85. The minimum absolute atomic E-state index is 0.406. The first-order valence-corrected chi connectivity index (χ1v) is 6.20. The van der Waals surface area contributed by atoms with Gasteiger partial charge in [-0.05, 0) is 18.6 Å². The van der Waals surface area contributed by atoms with Crippen LogP contribution in [0.1, 0.15) is 39.5 Å². The minimum Gasteiger partial charge on any atom is -0.380 e. The molecule has 2 heteroatoms. The summed E-state index contributed by atoms with van der Waals surface area (Å²) in [6, 6.07) is 0. The molecule has 0 fully saturated rings. The molecule has 0 aromatic heterocycles. The topological polar surface area (TPSA) is 20.2 Å². The summed E-state index contributed by atoms with van der Waals surface area (Å²) in [5.74, 6) is 7.89. The Bertz CT molecular complexity index is 157. The normalized spacial score (nSPS) is 11.9. The molecule has 0 saturated heterocycles. The van der Waals surface area contributed by atoms with Crippen molar-refractivity contribution >= 4 is 11.8 Å². The molecule has 0 aliphatic heterocycles. The maximum absolute atomic E-state index is 9.27. The smallest absolute Gasteiger partial charge is 0.114 e. The van der Waals surface area contributed by atoms with Crippen molar-refractivity contribution in [2.45, 2.75) is 45.6 Å². The highest BCUT2D eigenvalue weighted by Crippen LogP contribution is 2.02. The molecule has 0 aromatic rings. The van der Waals surface area contributed by atoms with Gasteiger partial charge in [0.05, 0.1) is 5.75 Å². The number of aliphatic hydroxyl groups excluding tert-OH is 1. The predicted octanol–water partition coefficient (Wildman–Crippen LogP) is 2.68. The lowest BCUT2D eigenvalue weighted by atomic mass is 10.2. The van der Waals surface area contributed by atoms with Crippen LogP contribution in [0.25, 0.3) is 0 Å². The molecule has 0 aliphatic rings. The van der Waals surface area contributed by atoms with E-state index in [0.717, 1.165) is 18.6 Å². The van der Waals surface area contributed by atoms with Crippen LogP contribution in [0.5, 0.6) is 0 Å². The Balaban J connectivity index is 3.28. The van der Waals surface area contributed by atoms with Gasteiger partial charge in [0.2, 0.25) is 0 Å². The SMILES string of the molecule is CCCCSCC#CC(O)CCC. The van der Waals surface area contributed by atoms with Crippen molar-refractivity contribution in [2.75, 3.05) is 11.5 Å². The molecule has 1 nitrogen and oxygen atoms in total. The highest BCUT2D eigenvalue weighted by atomic mass is 32.2. The lowest BCUT2D eigenvalue weighted by Crippen LogP contribution is -2.01. The van der Waals surface area contributed by atoms with Gasteiger partial charge in [-0.1, -0.05) is 38.5 Å². The quantitative estimate of drug-likeness (QED) is 0.525. The number of hydrogen-bond acceptors (Lipinski definition) is 2. The van der Waals surface area contributed by atoms with Crippen molar-refractivity contribution in [1.82, 2.24) is 0 Å². The summed E-state index contributed by atoms with van der Waals surface area (Å²) in [7, 11) is 0. The highest BCUT2D eigenvalue weighted by molar-refractivity contribution is 7.99. The van der Waals surface area contributed by atoms with E-state index >= 15 is 0 Å². The van der Waals surface area contributed by atoms with Crippen LogP contribution in [0.15, 0.2) is 0 Å². The van der Waals surface area contributed by atoms with E-state index in [2.05, 4.69) is 25.7 Å². The summed E-state index contributed by atoms with van der Waals surface area (Å²) < 4.78 is 0. The van der Waals surface area contributed by atoms with Crippen LogP contribution in [-0.4, -0.2) is 22.7 Å². The van der Waals surface area contributed by atoms with Crippen LogP contribution in [-0.2, 0) is 0 Å². The van der Waals surface area contributed by atoms with Crippen LogP contribution in [0.2, 0.25) is 0 Å². The number of thioether (sulfide) groups is 1. The number of unbranched alkanes of at least 4 members (excludes halogenated alkanes) is 1. The van der Waals surface area contributed by atoms with Gasteiger partial charge in [0, 0.05) is 0 Å². The number of hydrogen-bond donors (Lipinski definition) is 1. The maximum Gasteiger partial charge on any atom is 0.114 e. The van der Waals surface area contributed by atoms with E-state index in [0.29, 0.717) is 0 Å². The molecule has 0 heterocycles. The molecule has 0 radical (unpaired) electrons. The fourth-order valence-corrected chi connectivity index (χ4v) is 1.70. The molecule has 1 N–H and O–H groups in total. The molecular formula is C11H20OS. The third-order valence-corrected chi connectivity index (χ3v) is 2.57. The van der Waals surface area contributed by atoms with Gasteiger partial charge in [0.15, 0.2) is 0 Å². The third-order valence-electron chi connectivity index (χ3n) is 1.65. The van der Waals surface area contributed by atoms with Gasteiger partial charge in [-0.15, -0.1) is 11.8 Å². The Labute approximate surface area is 86.3 Å². The first-order valence-electron chi connectivity index (χ1n) is 5.05. The van der Waals surface area contributed by atoms with E-state index < -0.39 is 6.10 Å². The molecule has 1 unspecified atom stereocenters. The van der Waals surface area contributed by atoms with Crippen molar-refractivity contribution in [2.24, 2.45) is 0 Å². The van der Waals surface area contributed by atoms with Gasteiger partial charge < -0.3 is 5.11 Å². The molecule has 76 valence electrons. The number of aliphatic hydroxyl groups is 1. The van der Waals surface area contributed by atoms with Crippen LogP contribution >= 0.6 is 11.8 Å². The van der Waals surface area contributed by atoms with Crippen molar-refractivity contribution in [3.63, 3.8) is 0 Å². The lowest BCUT2D eigenvalue weighted by molar-refractivity contribution is 0.221. The zero-order valence-electron chi connectivity index (χ0n) is 8.68. The van der Waals surface area contributed by atoms with E-state index in [1.165, 1.54) is 18.6 Å². The predicted molar refractivity (Wildman–Crippen MR) is 60.9 cm³/mol. The van der Waals surface area contributed by atoms with Crippen LogP contribution in [0.3, 0.4) is 0 Å². The third kappa shape index (κ3) is 9.79. The molecule has 0 saturated carbocycles. The zero-order chi connectivity index (χ0) is 9.94. The standard InChI is InChI=1S/C11H20OS/c1-3-5-9-13-10-6-8-11(12)7-4-2/h11-12H,3-5,7,9-10H2,1-2H3. The molecule has 0 amide bonds. The molecular weight excluding hydrogens is 180 g/mol. The van der Waals surface area contributed by atoms with Crippen molar-refractivity contribution < 1.29 is 5.11 Å². The van der Waals surface area contributed by atoms with Gasteiger partial charge in [0.25, 0.3) is 0 Å². The van der Waals surface area contributed by atoms with Crippen molar-refractivity contribution in [3.8, 4) is 11.8 Å². The molecule has 0 rings (SSSR count). The summed E-state index contributed by atoms with van der Waals surface area (Å²) in [6.45, 7) is 4.25. The van der Waals surface area contributed by atoms with Gasteiger partial charge >= 0.3 is 0 Å². The van der Waals surface area contributed by atoms with E-state index in [-0.39, 0.29) is 0 Å². The van der Waals surface area contributed by atoms with E-state index in [4.69, 9.17) is 0 Å². The average molecular weight is 200 g/mol. The first kappa shape index (κ1) is 12.9. The van der Waals surface area contributed by atoms with Crippen molar-refractivity contribution in [3.05, 3.63) is 0 Å². The summed E-state index contributed by atoms with van der Waals surface area (Å²) in [5.41, 5.74) is 0.